The van der Waals surface area contributed by atoms with Gasteiger partial charge in [0.2, 0.25) is 0 Å². The minimum absolute atomic E-state index is 0.0168. The molecule has 168 valence electrons. The molecule has 0 aliphatic rings. The highest BCUT2D eigenvalue weighted by Gasteiger charge is 2.21. The van der Waals surface area contributed by atoms with Gasteiger partial charge in [-0.2, -0.15) is 0 Å². The second kappa shape index (κ2) is 12.5. The molecule has 0 spiro atoms. The lowest BCUT2D eigenvalue weighted by Crippen LogP contribution is -2.30. The van der Waals surface area contributed by atoms with Crippen molar-refractivity contribution in [2.45, 2.75) is 40.2 Å². The van der Waals surface area contributed by atoms with Gasteiger partial charge in [-0.25, -0.2) is 0 Å². The first-order valence-corrected chi connectivity index (χ1v) is 10.6. The van der Waals surface area contributed by atoms with Crippen LogP contribution in [0.2, 0.25) is 0 Å². The van der Waals surface area contributed by atoms with Gasteiger partial charge in [-0.05, 0) is 63.6 Å². The zero-order valence-corrected chi connectivity index (χ0v) is 18.6. The zero-order valence-electron chi connectivity index (χ0n) is 18.6. The Labute approximate surface area is 183 Å². The molecule has 7 heteroatoms. The highest BCUT2D eigenvalue weighted by molar-refractivity contribution is 5.95. The highest BCUT2D eigenvalue weighted by Crippen LogP contribution is 2.29. The summed E-state index contributed by atoms with van der Waals surface area (Å²) in [5, 5.41) is 2.93. The molecule has 1 N–H and O–H groups in total. The van der Waals surface area contributed by atoms with Crippen LogP contribution in [0.5, 0.6) is 17.2 Å². The van der Waals surface area contributed by atoms with E-state index >= 15 is 0 Å². The van der Waals surface area contributed by atoms with Gasteiger partial charge in [0.1, 0.15) is 5.75 Å². The summed E-state index contributed by atoms with van der Waals surface area (Å²) < 4.78 is 21.7. The normalized spacial score (nSPS) is 11.4. The van der Waals surface area contributed by atoms with Crippen LogP contribution in [0.15, 0.2) is 42.5 Å². The lowest BCUT2D eigenvalue weighted by atomic mass is 10.0. The lowest BCUT2D eigenvalue weighted by molar-refractivity contribution is -0.143. The molecule has 0 aliphatic carbocycles. The third kappa shape index (κ3) is 7.20. The molecule has 2 rings (SSSR count). The molecule has 0 saturated heterocycles. The Hall–Kier alpha value is -3.22. The third-order valence-corrected chi connectivity index (χ3v) is 4.38. The van der Waals surface area contributed by atoms with Gasteiger partial charge in [0.15, 0.2) is 11.5 Å². The Bertz CT molecular complexity index is 850. The van der Waals surface area contributed by atoms with Gasteiger partial charge in [-0.1, -0.05) is 12.1 Å². The number of carbonyl (C=O) groups is 2. The van der Waals surface area contributed by atoms with E-state index in [1.807, 2.05) is 45.0 Å². The molecule has 2 aromatic rings. The van der Waals surface area contributed by atoms with Gasteiger partial charge in [-0.3, -0.25) is 9.59 Å². The second-order valence-corrected chi connectivity index (χ2v) is 6.56. The topological polar surface area (TPSA) is 83.1 Å². The maximum absolute atomic E-state index is 13.0. The van der Waals surface area contributed by atoms with Crippen LogP contribution in [0.3, 0.4) is 0 Å². The minimum Gasteiger partial charge on any atom is -0.494 e. The van der Waals surface area contributed by atoms with E-state index in [4.69, 9.17) is 18.9 Å². The monoisotopic (exact) mass is 429 g/mol. The molecule has 1 atom stereocenters. The van der Waals surface area contributed by atoms with Crippen molar-refractivity contribution in [1.82, 2.24) is 5.32 Å². The van der Waals surface area contributed by atoms with Crippen LogP contribution in [0.25, 0.3) is 0 Å². The molecular formula is C24H31NO6. The van der Waals surface area contributed by atoms with Crippen molar-refractivity contribution in [3.05, 3.63) is 53.6 Å². The van der Waals surface area contributed by atoms with Crippen molar-refractivity contribution in [3.63, 3.8) is 0 Å². The van der Waals surface area contributed by atoms with Gasteiger partial charge in [0.05, 0.1) is 38.9 Å². The van der Waals surface area contributed by atoms with Crippen LogP contribution in [0.4, 0.5) is 0 Å². The third-order valence-electron chi connectivity index (χ3n) is 4.38. The maximum atomic E-state index is 13.0. The Morgan fingerprint density at radius 3 is 2.06 bits per heavy atom. The van der Waals surface area contributed by atoms with E-state index in [1.54, 1.807) is 25.1 Å². The average molecular weight is 430 g/mol. The maximum Gasteiger partial charge on any atom is 0.308 e. The van der Waals surface area contributed by atoms with E-state index in [-0.39, 0.29) is 24.9 Å². The molecule has 0 aromatic heterocycles. The quantitative estimate of drug-likeness (QED) is 0.506. The van der Waals surface area contributed by atoms with E-state index in [0.717, 1.165) is 11.3 Å². The van der Waals surface area contributed by atoms with E-state index < -0.39 is 6.04 Å². The summed E-state index contributed by atoms with van der Waals surface area (Å²) >= 11 is 0. The first-order chi connectivity index (χ1) is 15.0. The number of hydrogen-bond acceptors (Lipinski definition) is 6. The van der Waals surface area contributed by atoms with Crippen molar-refractivity contribution >= 4 is 11.9 Å². The number of esters is 1. The fourth-order valence-electron chi connectivity index (χ4n) is 3.04. The zero-order chi connectivity index (χ0) is 22.6. The van der Waals surface area contributed by atoms with E-state index in [2.05, 4.69) is 5.32 Å². The standard InChI is InChI=1S/C24H31NO6/c1-5-28-19-12-9-17(10-13-19)20(16-23(26)31-8-4)25-24(27)18-11-14-21(29-6-2)22(15-18)30-7-3/h9-15,20H,5-8,16H2,1-4H3,(H,25,27)/t20-/m1/s1. The number of carbonyl (C=O) groups excluding carboxylic acids is 2. The largest absolute Gasteiger partial charge is 0.494 e. The number of nitrogens with one attached hydrogen (secondary N) is 1. The van der Waals surface area contributed by atoms with Crippen molar-refractivity contribution in [3.8, 4) is 17.2 Å². The molecule has 0 heterocycles. The number of ether oxygens (including phenoxy) is 4. The van der Waals surface area contributed by atoms with E-state index in [0.29, 0.717) is 36.9 Å². The Morgan fingerprint density at radius 2 is 1.45 bits per heavy atom. The Morgan fingerprint density at radius 1 is 0.806 bits per heavy atom. The van der Waals surface area contributed by atoms with Gasteiger partial charge in [-0.15, -0.1) is 0 Å². The molecule has 0 bridgehead atoms. The predicted octanol–water partition coefficient (Wildman–Crippen LogP) is 4.31. The van der Waals surface area contributed by atoms with E-state index in [9.17, 15) is 9.59 Å². The Kier molecular flexibility index (Phi) is 9.68. The highest BCUT2D eigenvalue weighted by atomic mass is 16.5. The fraction of sp³-hybridized carbons (Fsp3) is 0.417. The van der Waals surface area contributed by atoms with Crippen molar-refractivity contribution in [2.75, 3.05) is 26.4 Å². The number of rotatable bonds is 12. The van der Waals surface area contributed by atoms with Crippen LogP contribution in [0.1, 0.15) is 56.1 Å². The van der Waals surface area contributed by atoms with Gasteiger partial charge < -0.3 is 24.3 Å². The smallest absolute Gasteiger partial charge is 0.308 e. The predicted molar refractivity (Wildman–Crippen MR) is 118 cm³/mol. The molecule has 0 aliphatic heterocycles. The SMILES string of the molecule is CCOC(=O)C[C@@H](NC(=O)c1ccc(OCC)c(OCC)c1)c1ccc(OCC)cc1. The summed E-state index contributed by atoms with van der Waals surface area (Å²) in [5.41, 5.74) is 1.19. The van der Waals surface area contributed by atoms with Crippen LogP contribution in [0, 0.1) is 0 Å². The summed E-state index contributed by atoms with van der Waals surface area (Å²) in [6, 6.07) is 11.8. The molecule has 0 unspecified atom stereocenters. The van der Waals surface area contributed by atoms with Crippen LogP contribution in [-0.2, 0) is 9.53 Å². The Balaban J connectivity index is 2.25. The van der Waals surface area contributed by atoms with Crippen molar-refractivity contribution in [2.24, 2.45) is 0 Å². The number of amides is 1. The molecule has 0 saturated carbocycles. The van der Waals surface area contributed by atoms with Gasteiger partial charge in [0, 0.05) is 5.56 Å². The molecule has 0 radical (unpaired) electrons. The molecule has 31 heavy (non-hydrogen) atoms. The molecular weight excluding hydrogens is 398 g/mol. The summed E-state index contributed by atoms with van der Waals surface area (Å²) in [6.45, 7) is 9.18. The van der Waals surface area contributed by atoms with Gasteiger partial charge in [0.25, 0.3) is 5.91 Å². The summed E-state index contributed by atoms with van der Waals surface area (Å²) in [5.74, 6) is 1.09. The van der Waals surface area contributed by atoms with Crippen LogP contribution < -0.4 is 19.5 Å². The second-order valence-electron chi connectivity index (χ2n) is 6.56. The first kappa shape index (κ1) is 24.1. The number of hydrogen-bond donors (Lipinski definition) is 1. The summed E-state index contributed by atoms with van der Waals surface area (Å²) in [7, 11) is 0. The summed E-state index contributed by atoms with van der Waals surface area (Å²) in [4.78, 5) is 25.1. The average Bonchev–Trinajstić information content (AvgIpc) is 2.76. The van der Waals surface area contributed by atoms with Gasteiger partial charge >= 0.3 is 5.97 Å². The molecule has 7 nitrogen and oxygen atoms in total. The number of benzene rings is 2. The fourth-order valence-corrected chi connectivity index (χ4v) is 3.04. The minimum atomic E-state index is -0.552. The van der Waals surface area contributed by atoms with Crippen LogP contribution >= 0.6 is 0 Å². The molecule has 2 aromatic carbocycles. The van der Waals surface area contributed by atoms with E-state index in [1.165, 1.54) is 0 Å². The molecule has 1 amide bonds. The summed E-state index contributed by atoms with van der Waals surface area (Å²) in [6.07, 6.45) is 0.0168. The van der Waals surface area contributed by atoms with Crippen LogP contribution in [-0.4, -0.2) is 38.3 Å². The van der Waals surface area contributed by atoms with Crippen molar-refractivity contribution in [1.29, 1.82) is 0 Å². The molecule has 0 fully saturated rings. The van der Waals surface area contributed by atoms with Crippen molar-refractivity contribution < 1.29 is 28.5 Å². The lowest BCUT2D eigenvalue weighted by Gasteiger charge is -2.20. The first-order valence-electron chi connectivity index (χ1n) is 10.6.